The Balaban J connectivity index is 2.13. The molecule has 2 N–H and O–H groups in total. The van der Waals surface area contributed by atoms with E-state index in [-0.39, 0.29) is 31.5 Å². The van der Waals surface area contributed by atoms with Crippen LogP contribution in [0.1, 0.15) is 19.3 Å². The Morgan fingerprint density at radius 2 is 1.75 bits per heavy atom. The first-order valence-electron chi connectivity index (χ1n) is 6.82. The summed E-state index contributed by atoms with van der Waals surface area (Å²) in [4.78, 5) is 25.3. The van der Waals surface area contributed by atoms with Crippen molar-refractivity contribution in [2.75, 3.05) is 32.4 Å². The molecule has 0 spiro atoms. The summed E-state index contributed by atoms with van der Waals surface area (Å²) in [6, 6.07) is 0. The maximum atomic E-state index is 12.3. The lowest BCUT2D eigenvalue weighted by atomic mass is 9.84. The van der Waals surface area contributed by atoms with Crippen molar-refractivity contribution in [1.29, 1.82) is 0 Å². The summed E-state index contributed by atoms with van der Waals surface area (Å²) >= 11 is 0. The predicted molar refractivity (Wildman–Crippen MR) is 73.0 cm³/mol. The number of nitrogens with zero attached hydrogens (tertiary/aromatic N) is 2. The van der Waals surface area contributed by atoms with Gasteiger partial charge in [0.25, 0.3) is 0 Å². The van der Waals surface area contributed by atoms with Crippen molar-refractivity contribution in [1.82, 2.24) is 9.21 Å². The standard InChI is InChI=1S/C12H21N3O4S/c1-20(18,19)15-6-5-14(7-10(8-15)11(13)16)12(17)9-3-2-4-9/h9-10H,2-8H2,1H3,(H2,13,16)/t10-/m0/s1. The van der Waals surface area contributed by atoms with Crippen LogP contribution in [0.4, 0.5) is 0 Å². The van der Waals surface area contributed by atoms with Crippen LogP contribution in [0.2, 0.25) is 0 Å². The van der Waals surface area contributed by atoms with Crippen LogP contribution < -0.4 is 5.73 Å². The summed E-state index contributed by atoms with van der Waals surface area (Å²) in [6.45, 7) is 0.826. The molecule has 0 bridgehead atoms. The SMILES string of the molecule is CS(=O)(=O)N1CCN(C(=O)C2CCC2)C[C@H](C(N)=O)C1. The van der Waals surface area contributed by atoms with Crippen LogP contribution >= 0.6 is 0 Å². The molecule has 1 aliphatic carbocycles. The minimum absolute atomic E-state index is 0.0258. The number of nitrogens with two attached hydrogens (primary N) is 1. The molecule has 7 nitrogen and oxygen atoms in total. The van der Waals surface area contributed by atoms with Gasteiger partial charge in [0, 0.05) is 32.1 Å². The molecule has 114 valence electrons. The Labute approximate surface area is 119 Å². The second-order valence-corrected chi connectivity index (χ2v) is 7.61. The highest BCUT2D eigenvalue weighted by atomic mass is 32.2. The molecule has 1 aliphatic heterocycles. The van der Waals surface area contributed by atoms with Gasteiger partial charge in [-0.1, -0.05) is 6.42 Å². The fourth-order valence-electron chi connectivity index (χ4n) is 2.58. The van der Waals surface area contributed by atoms with E-state index in [1.165, 1.54) is 4.31 Å². The van der Waals surface area contributed by atoms with Gasteiger partial charge in [-0.15, -0.1) is 0 Å². The Kier molecular flexibility index (Phi) is 4.33. The van der Waals surface area contributed by atoms with Crippen LogP contribution in [0.25, 0.3) is 0 Å². The van der Waals surface area contributed by atoms with E-state index < -0.39 is 21.8 Å². The lowest BCUT2D eigenvalue weighted by Gasteiger charge is -2.31. The average Bonchev–Trinajstić information content (AvgIpc) is 2.48. The van der Waals surface area contributed by atoms with E-state index in [1.807, 2.05) is 0 Å². The van der Waals surface area contributed by atoms with E-state index in [2.05, 4.69) is 0 Å². The zero-order valence-electron chi connectivity index (χ0n) is 11.6. The molecule has 0 radical (unpaired) electrons. The topological polar surface area (TPSA) is 101 Å². The van der Waals surface area contributed by atoms with Gasteiger partial charge in [0.05, 0.1) is 12.2 Å². The second kappa shape index (κ2) is 5.69. The first kappa shape index (κ1) is 15.2. The first-order valence-corrected chi connectivity index (χ1v) is 8.67. The molecule has 0 aromatic heterocycles. The third kappa shape index (κ3) is 3.29. The van der Waals surface area contributed by atoms with E-state index >= 15 is 0 Å². The molecule has 0 unspecified atom stereocenters. The van der Waals surface area contributed by atoms with Gasteiger partial charge in [-0.3, -0.25) is 9.59 Å². The van der Waals surface area contributed by atoms with Crippen molar-refractivity contribution in [2.45, 2.75) is 19.3 Å². The van der Waals surface area contributed by atoms with Crippen LogP contribution in [-0.2, 0) is 19.6 Å². The number of sulfonamides is 1. The highest BCUT2D eigenvalue weighted by molar-refractivity contribution is 7.88. The first-order chi connectivity index (χ1) is 9.29. The number of carbonyl (C=O) groups is 2. The molecule has 1 saturated carbocycles. The Bertz CT molecular complexity index is 501. The molecule has 0 aromatic carbocycles. The average molecular weight is 303 g/mol. The highest BCUT2D eigenvalue weighted by Crippen LogP contribution is 2.29. The van der Waals surface area contributed by atoms with Crippen molar-refractivity contribution in [3.05, 3.63) is 0 Å². The molecule has 2 fully saturated rings. The van der Waals surface area contributed by atoms with Crippen molar-refractivity contribution in [2.24, 2.45) is 17.6 Å². The summed E-state index contributed by atoms with van der Waals surface area (Å²) in [5.41, 5.74) is 5.33. The highest BCUT2D eigenvalue weighted by Gasteiger charge is 2.35. The molecule has 2 amide bonds. The molecule has 20 heavy (non-hydrogen) atoms. The second-order valence-electron chi connectivity index (χ2n) is 5.63. The molecular weight excluding hydrogens is 282 g/mol. The molecular formula is C12H21N3O4S. The van der Waals surface area contributed by atoms with E-state index in [1.54, 1.807) is 4.90 Å². The quantitative estimate of drug-likeness (QED) is 0.722. The van der Waals surface area contributed by atoms with Crippen LogP contribution in [0.3, 0.4) is 0 Å². The maximum Gasteiger partial charge on any atom is 0.225 e. The molecule has 1 atom stereocenters. The van der Waals surface area contributed by atoms with Gasteiger partial charge in [-0.25, -0.2) is 8.42 Å². The molecule has 2 rings (SSSR count). The number of carbonyl (C=O) groups excluding carboxylic acids is 2. The minimum Gasteiger partial charge on any atom is -0.369 e. The summed E-state index contributed by atoms with van der Waals surface area (Å²) in [5.74, 6) is -1.14. The van der Waals surface area contributed by atoms with Crippen LogP contribution in [-0.4, -0.2) is 61.9 Å². The van der Waals surface area contributed by atoms with Gasteiger partial charge in [0.15, 0.2) is 0 Å². The van der Waals surface area contributed by atoms with Gasteiger partial charge < -0.3 is 10.6 Å². The molecule has 0 aromatic rings. The van der Waals surface area contributed by atoms with Gasteiger partial charge in [-0.2, -0.15) is 4.31 Å². The van der Waals surface area contributed by atoms with Gasteiger partial charge in [0.1, 0.15) is 0 Å². The Morgan fingerprint density at radius 3 is 2.20 bits per heavy atom. The van der Waals surface area contributed by atoms with Crippen molar-refractivity contribution in [3.8, 4) is 0 Å². The van der Waals surface area contributed by atoms with Crippen LogP contribution in [0, 0.1) is 11.8 Å². The monoisotopic (exact) mass is 303 g/mol. The number of amides is 2. The molecule has 2 aliphatic rings. The van der Waals surface area contributed by atoms with E-state index in [0.29, 0.717) is 6.54 Å². The zero-order chi connectivity index (χ0) is 14.9. The smallest absolute Gasteiger partial charge is 0.225 e. The number of hydrogen-bond acceptors (Lipinski definition) is 4. The maximum absolute atomic E-state index is 12.3. The molecule has 1 heterocycles. The lowest BCUT2D eigenvalue weighted by molar-refractivity contribution is -0.139. The summed E-state index contributed by atoms with van der Waals surface area (Å²) in [5, 5.41) is 0. The van der Waals surface area contributed by atoms with Gasteiger partial charge in [-0.05, 0) is 12.8 Å². The van der Waals surface area contributed by atoms with Crippen molar-refractivity contribution in [3.63, 3.8) is 0 Å². The Hall–Kier alpha value is -1.15. The largest absolute Gasteiger partial charge is 0.369 e. The fraction of sp³-hybridized carbons (Fsp3) is 0.833. The van der Waals surface area contributed by atoms with E-state index in [4.69, 9.17) is 5.73 Å². The van der Waals surface area contributed by atoms with Crippen molar-refractivity contribution >= 4 is 21.8 Å². The van der Waals surface area contributed by atoms with Gasteiger partial charge in [0.2, 0.25) is 21.8 Å². The Morgan fingerprint density at radius 1 is 1.10 bits per heavy atom. The third-order valence-corrected chi connectivity index (χ3v) is 5.39. The summed E-state index contributed by atoms with van der Waals surface area (Å²) in [6.07, 6.45) is 3.92. The van der Waals surface area contributed by atoms with Crippen molar-refractivity contribution < 1.29 is 18.0 Å². The lowest BCUT2D eigenvalue weighted by Crippen LogP contribution is -2.44. The third-order valence-electron chi connectivity index (χ3n) is 4.12. The van der Waals surface area contributed by atoms with Crippen LogP contribution in [0.15, 0.2) is 0 Å². The van der Waals surface area contributed by atoms with Gasteiger partial charge >= 0.3 is 0 Å². The number of primary amides is 1. The summed E-state index contributed by atoms with van der Waals surface area (Å²) < 4.78 is 24.5. The van der Waals surface area contributed by atoms with E-state index in [0.717, 1.165) is 25.5 Å². The predicted octanol–water partition coefficient (Wildman–Crippen LogP) is -1.01. The molecule has 1 saturated heterocycles. The normalized spacial score (nSPS) is 25.9. The zero-order valence-corrected chi connectivity index (χ0v) is 12.4. The van der Waals surface area contributed by atoms with E-state index in [9.17, 15) is 18.0 Å². The minimum atomic E-state index is -3.39. The number of hydrogen-bond donors (Lipinski definition) is 1. The number of rotatable bonds is 3. The molecule has 8 heteroatoms. The fourth-order valence-corrected chi connectivity index (χ4v) is 3.44. The van der Waals surface area contributed by atoms with Crippen LogP contribution in [0.5, 0.6) is 0 Å². The summed E-state index contributed by atoms with van der Waals surface area (Å²) in [7, 11) is -3.39.